The number of rotatable bonds is 6. The largest absolute Gasteiger partial charge is 0.462 e. The molecule has 0 bridgehead atoms. The van der Waals surface area contributed by atoms with Crippen molar-refractivity contribution < 1.29 is 13.9 Å². The second kappa shape index (κ2) is 7.32. The van der Waals surface area contributed by atoms with Gasteiger partial charge < -0.3 is 9.15 Å². The summed E-state index contributed by atoms with van der Waals surface area (Å²) in [6.07, 6.45) is 3.17. The van der Waals surface area contributed by atoms with Gasteiger partial charge in [-0.05, 0) is 17.7 Å². The van der Waals surface area contributed by atoms with Gasteiger partial charge in [0, 0.05) is 5.38 Å². The van der Waals surface area contributed by atoms with Crippen LogP contribution in [0.25, 0.3) is 10.8 Å². The molecule has 130 valence electrons. The standard InChI is InChI=1S/C18H14N4O3S/c23-18(15-10-22(21-20-15)9-13-5-2-1-3-6-13)25-11-14-12-26-17(19-14)16-7-4-8-24-16/h1-8,10,12H,9,11H2. The molecule has 4 rings (SSSR count). The molecule has 0 spiro atoms. The minimum Gasteiger partial charge on any atom is -0.462 e. The van der Waals surface area contributed by atoms with Gasteiger partial charge in [-0.2, -0.15) is 0 Å². The molecule has 0 atom stereocenters. The third-order valence-electron chi connectivity index (χ3n) is 3.57. The first kappa shape index (κ1) is 16.2. The van der Waals surface area contributed by atoms with Gasteiger partial charge in [-0.15, -0.1) is 16.4 Å². The number of esters is 1. The van der Waals surface area contributed by atoms with Gasteiger partial charge >= 0.3 is 5.97 Å². The number of hydrogen-bond acceptors (Lipinski definition) is 7. The number of aromatic nitrogens is 4. The third kappa shape index (κ3) is 3.70. The quantitative estimate of drug-likeness (QED) is 0.486. The summed E-state index contributed by atoms with van der Waals surface area (Å²) in [4.78, 5) is 16.5. The lowest BCUT2D eigenvalue weighted by atomic mass is 10.2. The van der Waals surface area contributed by atoms with Crippen molar-refractivity contribution in [2.24, 2.45) is 0 Å². The molecule has 0 N–H and O–H groups in total. The van der Waals surface area contributed by atoms with E-state index < -0.39 is 5.97 Å². The van der Waals surface area contributed by atoms with E-state index in [1.807, 2.05) is 41.8 Å². The molecule has 3 heterocycles. The van der Waals surface area contributed by atoms with Gasteiger partial charge in [0.25, 0.3) is 0 Å². The van der Waals surface area contributed by atoms with E-state index >= 15 is 0 Å². The van der Waals surface area contributed by atoms with Gasteiger partial charge in [-0.1, -0.05) is 35.5 Å². The highest BCUT2D eigenvalue weighted by molar-refractivity contribution is 7.13. The lowest BCUT2D eigenvalue weighted by molar-refractivity contribution is 0.0461. The molecule has 7 nitrogen and oxygen atoms in total. The summed E-state index contributed by atoms with van der Waals surface area (Å²) in [5.41, 5.74) is 1.90. The van der Waals surface area contributed by atoms with E-state index in [4.69, 9.17) is 9.15 Å². The fourth-order valence-electron chi connectivity index (χ4n) is 2.34. The molecule has 0 aliphatic carbocycles. The van der Waals surface area contributed by atoms with Crippen molar-refractivity contribution in [3.63, 3.8) is 0 Å². The molecule has 0 aliphatic rings. The van der Waals surface area contributed by atoms with E-state index in [2.05, 4.69) is 15.3 Å². The van der Waals surface area contributed by atoms with Crippen LogP contribution in [0.5, 0.6) is 0 Å². The molecule has 0 fully saturated rings. The molecule has 3 aromatic heterocycles. The van der Waals surface area contributed by atoms with Crippen LogP contribution >= 0.6 is 11.3 Å². The van der Waals surface area contributed by atoms with Gasteiger partial charge in [0.2, 0.25) is 0 Å². The molecule has 0 aliphatic heterocycles. The summed E-state index contributed by atoms with van der Waals surface area (Å²) in [6.45, 7) is 0.612. The van der Waals surface area contributed by atoms with Gasteiger partial charge in [0.05, 0.1) is 24.7 Å². The van der Waals surface area contributed by atoms with Gasteiger partial charge in [0.1, 0.15) is 6.61 Å². The second-order valence-corrected chi connectivity index (χ2v) is 6.34. The average Bonchev–Trinajstić information content (AvgIpc) is 3.41. The molecule has 8 heteroatoms. The number of nitrogens with zero attached hydrogens (tertiary/aromatic N) is 4. The molecule has 0 unspecified atom stereocenters. The number of ether oxygens (including phenoxy) is 1. The molecule has 26 heavy (non-hydrogen) atoms. The first-order valence-corrected chi connectivity index (χ1v) is 8.75. The maximum absolute atomic E-state index is 12.1. The third-order valence-corrected chi connectivity index (χ3v) is 4.48. The van der Waals surface area contributed by atoms with Crippen LogP contribution in [0.2, 0.25) is 0 Å². The van der Waals surface area contributed by atoms with Crippen LogP contribution in [0.3, 0.4) is 0 Å². The summed E-state index contributed by atoms with van der Waals surface area (Å²) in [6, 6.07) is 13.5. The number of carbonyl (C=O) groups is 1. The fourth-order valence-corrected chi connectivity index (χ4v) is 3.11. The zero-order valence-electron chi connectivity index (χ0n) is 13.6. The zero-order chi connectivity index (χ0) is 17.8. The molecule has 4 aromatic rings. The molecule has 1 aromatic carbocycles. The zero-order valence-corrected chi connectivity index (χ0v) is 14.4. The summed E-state index contributed by atoms with van der Waals surface area (Å²) in [7, 11) is 0. The molecular weight excluding hydrogens is 352 g/mol. The fraction of sp³-hybridized carbons (Fsp3) is 0.111. The van der Waals surface area contributed by atoms with E-state index in [9.17, 15) is 4.79 Å². The van der Waals surface area contributed by atoms with Crippen molar-refractivity contribution in [2.75, 3.05) is 0 Å². The van der Waals surface area contributed by atoms with Gasteiger partial charge in [0.15, 0.2) is 16.5 Å². The van der Waals surface area contributed by atoms with Crippen LogP contribution in [-0.2, 0) is 17.9 Å². The first-order valence-electron chi connectivity index (χ1n) is 7.87. The Morgan fingerprint density at radius 1 is 1.19 bits per heavy atom. The SMILES string of the molecule is O=C(OCc1csc(-c2ccco2)n1)c1cn(Cc2ccccc2)nn1. The second-order valence-electron chi connectivity index (χ2n) is 5.48. The van der Waals surface area contributed by atoms with E-state index in [0.29, 0.717) is 18.0 Å². The highest BCUT2D eigenvalue weighted by Crippen LogP contribution is 2.24. The maximum atomic E-state index is 12.1. The molecule has 0 radical (unpaired) electrons. The first-order chi connectivity index (χ1) is 12.8. The number of carbonyl (C=O) groups excluding carboxylic acids is 1. The van der Waals surface area contributed by atoms with E-state index in [-0.39, 0.29) is 12.3 Å². The Balaban J connectivity index is 1.35. The predicted molar refractivity (Wildman–Crippen MR) is 94.5 cm³/mol. The lowest BCUT2D eigenvalue weighted by Gasteiger charge is -2.00. The van der Waals surface area contributed by atoms with E-state index in [0.717, 1.165) is 10.6 Å². The van der Waals surface area contributed by atoms with E-state index in [1.54, 1.807) is 23.2 Å². The van der Waals surface area contributed by atoms with Crippen molar-refractivity contribution in [3.05, 3.63) is 77.3 Å². The number of hydrogen-bond donors (Lipinski definition) is 0. The summed E-state index contributed by atoms with van der Waals surface area (Å²) >= 11 is 1.43. The van der Waals surface area contributed by atoms with Gasteiger partial charge in [-0.3, -0.25) is 0 Å². The Hall–Kier alpha value is -3.26. The van der Waals surface area contributed by atoms with Crippen LogP contribution in [0, 0.1) is 0 Å². The Kier molecular flexibility index (Phi) is 4.57. The molecule has 0 saturated heterocycles. The Bertz CT molecular complexity index is 993. The molecule has 0 saturated carbocycles. The van der Waals surface area contributed by atoms with Crippen molar-refractivity contribution >= 4 is 17.3 Å². The van der Waals surface area contributed by atoms with Crippen LogP contribution in [-0.4, -0.2) is 25.9 Å². The van der Waals surface area contributed by atoms with Crippen LogP contribution < -0.4 is 0 Å². The average molecular weight is 366 g/mol. The minimum atomic E-state index is -0.531. The molecule has 0 amide bonds. The topological polar surface area (TPSA) is 83.0 Å². The minimum absolute atomic E-state index is 0.0710. The molecular formula is C18H14N4O3S. The monoisotopic (exact) mass is 366 g/mol. The lowest BCUT2D eigenvalue weighted by Crippen LogP contribution is -2.06. The Morgan fingerprint density at radius 3 is 2.88 bits per heavy atom. The summed E-state index contributed by atoms with van der Waals surface area (Å²) in [5.74, 6) is 0.160. The smallest absolute Gasteiger partial charge is 0.360 e. The van der Waals surface area contributed by atoms with Crippen molar-refractivity contribution in [2.45, 2.75) is 13.2 Å². The van der Waals surface area contributed by atoms with E-state index in [1.165, 1.54) is 11.3 Å². The van der Waals surface area contributed by atoms with Gasteiger partial charge in [-0.25, -0.2) is 14.5 Å². The van der Waals surface area contributed by atoms with Crippen LogP contribution in [0.4, 0.5) is 0 Å². The summed E-state index contributed by atoms with van der Waals surface area (Å²) in [5, 5.41) is 10.4. The van der Waals surface area contributed by atoms with Crippen molar-refractivity contribution in [1.82, 2.24) is 20.0 Å². The summed E-state index contributed by atoms with van der Waals surface area (Å²) < 4.78 is 12.2. The number of thiazole rings is 1. The van der Waals surface area contributed by atoms with Crippen molar-refractivity contribution in [3.8, 4) is 10.8 Å². The number of furan rings is 1. The van der Waals surface area contributed by atoms with Crippen LogP contribution in [0.1, 0.15) is 21.7 Å². The number of benzene rings is 1. The highest BCUT2D eigenvalue weighted by Gasteiger charge is 2.14. The normalized spacial score (nSPS) is 10.8. The Labute approximate surface area is 152 Å². The maximum Gasteiger partial charge on any atom is 0.360 e. The highest BCUT2D eigenvalue weighted by atomic mass is 32.1. The van der Waals surface area contributed by atoms with Crippen molar-refractivity contribution in [1.29, 1.82) is 0 Å². The Morgan fingerprint density at radius 2 is 2.08 bits per heavy atom. The van der Waals surface area contributed by atoms with Crippen LogP contribution in [0.15, 0.2) is 64.7 Å². The predicted octanol–water partition coefficient (Wildman–Crippen LogP) is 3.40.